The summed E-state index contributed by atoms with van der Waals surface area (Å²) < 4.78 is 7.83. The van der Waals surface area contributed by atoms with Gasteiger partial charge in [-0.2, -0.15) is 0 Å². The number of hydrogen-bond donors (Lipinski definition) is 0. The molecule has 2 aromatic heterocycles. The van der Waals surface area contributed by atoms with Crippen molar-refractivity contribution in [1.82, 2.24) is 19.7 Å². The fourth-order valence-corrected chi connectivity index (χ4v) is 4.69. The van der Waals surface area contributed by atoms with E-state index in [0.717, 1.165) is 28.4 Å². The number of carbonyl (C=O) groups excluding carboxylic acids is 1. The van der Waals surface area contributed by atoms with Gasteiger partial charge in [-0.05, 0) is 50.3 Å². The number of nitrogens with zero attached hydrogens (tertiary/aromatic N) is 4. The monoisotopic (exact) mass is 468 g/mol. The number of thioether (sulfide) groups is 1. The fraction of sp³-hybridized carbons (Fsp3) is 0.292. The van der Waals surface area contributed by atoms with Crippen LogP contribution < -0.4 is 0 Å². The van der Waals surface area contributed by atoms with Crippen molar-refractivity contribution in [1.29, 1.82) is 0 Å². The average molecular weight is 469 g/mol. The SMILES string of the molecule is CC[C@H](c1nnc(SCC(=O)c2cc3cc(Cl)ccc3o2)n1Cc1ccccc1)N(C)C. The second-order valence-corrected chi connectivity index (χ2v) is 9.18. The summed E-state index contributed by atoms with van der Waals surface area (Å²) in [4.78, 5) is 15.0. The molecule has 0 spiro atoms. The van der Waals surface area contributed by atoms with E-state index in [1.165, 1.54) is 11.8 Å². The molecule has 0 aliphatic carbocycles. The van der Waals surface area contributed by atoms with Crippen molar-refractivity contribution in [3.05, 3.63) is 76.8 Å². The maximum atomic E-state index is 12.8. The van der Waals surface area contributed by atoms with Crippen molar-refractivity contribution >= 4 is 40.1 Å². The fourth-order valence-electron chi connectivity index (χ4n) is 3.70. The molecule has 0 unspecified atom stereocenters. The van der Waals surface area contributed by atoms with Crippen LogP contribution in [0.1, 0.15) is 41.3 Å². The smallest absolute Gasteiger partial charge is 0.208 e. The van der Waals surface area contributed by atoms with Gasteiger partial charge < -0.3 is 8.98 Å². The molecule has 2 heterocycles. The topological polar surface area (TPSA) is 64.2 Å². The van der Waals surface area contributed by atoms with E-state index in [1.54, 1.807) is 24.3 Å². The molecule has 0 bridgehead atoms. The molecule has 0 radical (unpaired) electrons. The van der Waals surface area contributed by atoms with Crippen LogP contribution in [0.2, 0.25) is 5.02 Å². The number of halogens is 1. The minimum atomic E-state index is -0.0993. The van der Waals surface area contributed by atoms with Crippen molar-refractivity contribution < 1.29 is 9.21 Å². The summed E-state index contributed by atoms with van der Waals surface area (Å²) in [5, 5.41) is 11.1. The second-order valence-electron chi connectivity index (χ2n) is 7.80. The minimum Gasteiger partial charge on any atom is -0.453 e. The van der Waals surface area contributed by atoms with Crippen LogP contribution in [0.4, 0.5) is 0 Å². The Morgan fingerprint density at radius 3 is 2.66 bits per heavy atom. The summed E-state index contributed by atoms with van der Waals surface area (Å²) in [5.74, 6) is 1.33. The molecular formula is C24H25ClN4O2S. The van der Waals surface area contributed by atoms with E-state index >= 15 is 0 Å². The van der Waals surface area contributed by atoms with E-state index in [-0.39, 0.29) is 17.6 Å². The van der Waals surface area contributed by atoms with Gasteiger partial charge in [-0.25, -0.2) is 0 Å². The highest BCUT2D eigenvalue weighted by Crippen LogP contribution is 2.28. The molecule has 4 aromatic rings. The van der Waals surface area contributed by atoms with Crippen LogP contribution in [0.5, 0.6) is 0 Å². The first-order valence-corrected chi connectivity index (χ1v) is 11.8. The van der Waals surface area contributed by atoms with Gasteiger partial charge >= 0.3 is 0 Å². The highest BCUT2D eigenvalue weighted by atomic mass is 35.5. The molecule has 0 saturated heterocycles. The summed E-state index contributed by atoms with van der Waals surface area (Å²) in [5.41, 5.74) is 1.80. The zero-order valence-electron chi connectivity index (χ0n) is 18.3. The maximum Gasteiger partial charge on any atom is 0.208 e. The third-order valence-electron chi connectivity index (χ3n) is 5.32. The first-order valence-electron chi connectivity index (χ1n) is 10.4. The third-order valence-corrected chi connectivity index (χ3v) is 6.52. The number of furan rings is 1. The van der Waals surface area contributed by atoms with E-state index in [0.29, 0.717) is 22.9 Å². The predicted molar refractivity (Wildman–Crippen MR) is 129 cm³/mol. The van der Waals surface area contributed by atoms with Crippen molar-refractivity contribution in [2.75, 3.05) is 19.8 Å². The summed E-state index contributed by atoms with van der Waals surface area (Å²) in [6, 6.07) is 17.4. The molecule has 0 fully saturated rings. The largest absolute Gasteiger partial charge is 0.453 e. The maximum absolute atomic E-state index is 12.8. The van der Waals surface area contributed by atoms with E-state index in [9.17, 15) is 4.79 Å². The molecule has 4 rings (SSSR count). The number of ketones is 1. The Labute approximate surface area is 196 Å². The molecular weight excluding hydrogens is 444 g/mol. The van der Waals surface area contributed by atoms with E-state index < -0.39 is 0 Å². The highest BCUT2D eigenvalue weighted by Gasteiger charge is 2.23. The molecule has 8 heteroatoms. The predicted octanol–water partition coefficient (Wildman–Crippen LogP) is 5.71. The number of carbonyl (C=O) groups is 1. The average Bonchev–Trinajstić information content (AvgIpc) is 3.37. The van der Waals surface area contributed by atoms with Crippen molar-refractivity contribution in [3.8, 4) is 0 Å². The van der Waals surface area contributed by atoms with Gasteiger partial charge in [-0.1, -0.05) is 60.6 Å². The molecule has 0 amide bonds. The third kappa shape index (κ3) is 4.90. The number of aromatic nitrogens is 3. The lowest BCUT2D eigenvalue weighted by Crippen LogP contribution is -2.23. The van der Waals surface area contributed by atoms with Gasteiger partial charge in [-0.3, -0.25) is 9.69 Å². The van der Waals surface area contributed by atoms with Crippen molar-refractivity contribution in [2.45, 2.75) is 31.1 Å². The lowest BCUT2D eigenvalue weighted by atomic mass is 10.2. The van der Waals surface area contributed by atoms with Crippen LogP contribution in [0.25, 0.3) is 11.0 Å². The normalized spacial score (nSPS) is 12.5. The van der Waals surface area contributed by atoms with Gasteiger partial charge in [0.05, 0.1) is 18.3 Å². The van der Waals surface area contributed by atoms with Crippen LogP contribution in [0, 0.1) is 0 Å². The first-order chi connectivity index (χ1) is 15.5. The van der Waals surface area contributed by atoms with Crippen LogP contribution in [0.3, 0.4) is 0 Å². The molecule has 166 valence electrons. The van der Waals surface area contributed by atoms with Crippen LogP contribution in [-0.4, -0.2) is 45.3 Å². The van der Waals surface area contributed by atoms with Crippen molar-refractivity contribution in [3.63, 3.8) is 0 Å². The number of Topliss-reactive ketones (excluding diaryl/α,β-unsaturated/α-hetero) is 1. The molecule has 0 aliphatic heterocycles. The lowest BCUT2D eigenvalue weighted by molar-refractivity contribution is 0.0994. The number of hydrogen-bond acceptors (Lipinski definition) is 6. The zero-order chi connectivity index (χ0) is 22.7. The molecule has 0 aliphatic rings. The molecule has 2 aromatic carbocycles. The Morgan fingerprint density at radius 2 is 1.94 bits per heavy atom. The zero-order valence-corrected chi connectivity index (χ0v) is 19.9. The lowest BCUT2D eigenvalue weighted by Gasteiger charge is -2.23. The Balaban J connectivity index is 1.57. The summed E-state index contributed by atoms with van der Waals surface area (Å²) in [6.07, 6.45) is 0.908. The molecule has 0 N–H and O–H groups in total. The number of rotatable bonds is 9. The Kier molecular flexibility index (Phi) is 6.98. The van der Waals surface area contributed by atoms with Gasteiger partial charge in [0.2, 0.25) is 5.78 Å². The molecule has 0 saturated carbocycles. The van der Waals surface area contributed by atoms with E-state index in [4.69, 9.17) is 16.0 Å². The van der Waals surface area contributed by atoms with E-state index in [1.807, 2.05) is 32.3 Å². The van der Waals surface area contributed by atoms with Gasteiger partial charge in [0.15, 0.2) is 16.7 Å². The van der Waals surface area contributed by atoms with E-state index in [2.05, 4.69) is 38.7 Å². The molecule has 1 atom stereocenters. The highest BCUT2D eigenvalue weighted by molar-refractivity contribution is 7.99. The summed E-state index contributed by atoms with van der Waals surface area (Å²) in [7, 11) is 4.08. The summed E-state index contributed by atoms with van der Waals surface area (Å²) in [6.45, 7) is 2.78. The van der Waals surface area contributed by atoms with Crippen LogP contribution in [-0.2, 0) is 6.54 Å². The molecule has 6 nitrogen and oxygen atoms in total. The van der Waals surface area contributed by atoms with Crippen LogP contribution in [0.15, 0.2) is 64.2 Å². The second kappa shape index (κ2) is 9.90. The van der Waals surface area contributed by atoms with Crippen LogP contribution >= 0.6 is 23.4 Å². The van der Waals surface area contributed by atoms with Gasteiger partial charge in [0, 0.05) is 10.4 Å². The Bertz CT molecular complexity index is 1220. The Morgan fingerprint density at radius 1 is 1.16 bits per heavy atom. The first kappa shape index (κ1) is 22.6. The van der Waals surface area contributed by atoms with Gasteiger partial charge in [0.1, 0.15) is 5.58 Å². The standard InChI is InChI=1S/C24H25ClN4O2S/c1-4-19(28(2)3)23-26-27-24(29(23)14-16-8-6-5-7-9-16)32-15-20(30)22-13-17-12-18(25)10-11-21(17)31-22/h5-13,19H,4,14-15H2,1-3H3/t19-/m1/s1. The van der Waals surface area contributed by atoms with Gasteiger partial charge in [-0.15, -0.1) is 10.2 Å². The van der Waals surface area contributed by atoms with Gasteiger partial charge in [0.25, 0.3) is 0 Å². The number of benzene rings is 2. The minimum absolute atomic E-state index is 0.0993. The van der Waals surface area contributed by atoms with Crippen molar-refractivity contribution in [2.24, 2.45) is 0 Å². The number of fused-ring (bicyclic) bond motifs is 1. The summed E-state index contributed by atoms with van der Waals surface area (Å²) >= 11 is 7.42. The molecule has 32 heavy (non-hydrogen) atoms. The Hall–Kier alpha value is -2.61. The quantitative estimate of drug-likeness (QED) is 0.231.